The minimum absolute atomic E-state index is 0.104. The third-order valence-electron chi connectivity index (χ3n) is 7.28. The quantitative estimate of drug-likeness (QED) is 0.217. The van der Waals surface area contributed by atoms with Crippen molar-refractivity contribution in [3.63, 3.8) is 0 Å². The number of Topliss-reactive ketones (excluding diaryl/α,β-unsaturated/α-hetero) is 1. The van der Waals surface area contributed by atoms with Crippen molar-refractivity contribution >= 4 is 27.6 Å². The number of halogens is 1. The lowest BCUT2D eigenvalue weighted by atomic mass is 9.72. The molecule has 2 atom stereocenters. The number of hydrogen-bond acceptors (Lipinski definition) is 7. The van der Waals surface area contributed by atoms with Crippen LogP contribution in [0, 0.1) is 22.7 Å². The van der Waals surface area contributed by atoms with Gasteiger partial charge in [0, 0.05) is 29.0 Å². The summed E-state index contributed by atoms with van der Waals surface area (Å²) in [5.41, 5.74) is 5.40. The van der Waals surface area contributed by atoms with Crippen molar-refractivity contribution in [1.29, 1.82) is 10.7 Å². The molecule has 2 aliphatic rings. The second kappa shape index (κ2) is 13.2. The molecule has 1 aliphatic carbocycles. The summed E-state index contributed by atoms with van der Waals surface area (Å²) in [6.45, 7) is 8.98. The Bertz CT molecular complexity index is 1390. The monoisotopic (exact) mass is 605 g/mol. The average Bonchev–Trinajstić information content (AvgIpc) is 2.92. The molecule has 40 heavy (non-hydrogen) atoms. The summed E-state index contributed by atoms with van der Waals surface area (Å²) >= 11 is 3.68. The van der Waals surface area contributed by atoms with Crippen molar-refractivity contribution in [3.05, 3.63) is 80.1 Å². The number of nitrogens with one attached hydrogen (secondary N) is 2. The number of ketones is 1. The number of carbonyl (C=O) groups is 1. The molecule has 2 N–H and O–H groups in total. The van der Waals surface area contributed by atoms with Crippen LogP contribution in [0.5, 0.6) is 11.5 Å². The highest BCUT2D eigenvalue weighted by atomic mass is 79.9. The summed E-state index contributed by atoms with van der Waals surface area (Å²) in [6, 6.07) is 13.7. The smallest absolute Gasteiger partial charge is 0.213 e. The van der Waals surface area contributed by atoms with Crippen LogP contribution in [0.4, 0.5) is 0 Å². The van der Waals surface area contributed by atoms with Gasteiger partial charge in [-0.2, -0.15) is 5.26 Å². The minimum Gasteiger partial charge on any atom is -0.490 e. The van der Waals surface area contributed by atoms with E-state index < -0.39 is 5.92 Å². The third-order valence-corrected chi connectivity index (χ3v) is 7.87. The fourth-order valence-corrected chi connectivity index (χ4v) is 6.08. The molecule has 0 spiro atoms. The van der Waals surface area contributed by atoms with E-state index in [2.05, 4.69) is 34.2 Å². The summed E-state index contributed by atoms with van der Waals surface area (Å²) < 4.78 is 18.2. The molecular weight excluding hydrogens is 570 g/mol. The SMILES string of the molecule is CCCC1CC(=O)C2=C(C1)NC(C)=C(C#N)C2c1cc(Br)c(OCc2ccc(C(=N)OCC)cc2)c(OCC)c1. The van der Waals surface area contributed by atoms with Gasteiger partial charge in [0.25, 0.3) is 0 Å². The Morgan fingerprint density at radius 2 is 1.88 bits per heavy atom. The van der Waals surface area contributed by atoms with Crippen molar-refractivity contribution in [3.8, 4) is 17.6 Å². The second-order valence-electron chi connectivity index (χ2n) is 10.1. The van der Waals surface area contributed by atoms with E-state index in [-0.39, 0.29) is 11.7 Å². The Morgan fingerprint density at radius 1 is 1.12 bits per heavy atom. The zero-order valence-corrected chi connectivity index (χ0v) is 25.1. The molecule has 0 saturated carbocycles. The minimum atomic E-state index is -0.464. The zero-order chi connectivity index (χ0) is 28.8. The van der Waals surface area contributed by atoms with Gasteiger partial charge < -0.3 is 19.5 Å². The van der Waals surface area contributed by atoms with Gasteiger partial charge in [-0.05, 0) is 90.9 Å². The molecule has 0 bridgehead atoms. The normalized spacial score (nSPS) is 18.6. The van der Waals surface area contributed by atoms with Gasteiger partial charge in [-0.3, -0.25) is 10.2 Å². The van der Waals surface area contributed by atoms with E-state index in [0.29, 0.717) is 64.8 Å². The van der Waals surface area contributed by atoms with Gasteiger partial charge in [0.2, 0.25) is 5.90 Å². The predicted octanol–water partition coefficient (Wildman–Crippen LogP) is 7.31. The van der Waals surface area contributed by atoms with Crippen molar-refractivity contribution < 1.29 is 19.0 Å². The molecule has 7 nitrogen and oxygen atoms in total. The first-order valence-corrected chi connectivity index (χ1v) is 14.6. The summed E-state index contributed by atoms with van der Waals surface area (Å²) in [4.78, 5) is 13.5. The van der Waals surface area contributed by atoms with Gasteiger partial charge in [-0.25, -0.2) is 0 Å². The van der Waals surface area contributed by atoms with E-state index in [1.807, 2.05) is 57.2 Å². The number of nitriles is 1. The van der Waals surface area contributed by atoms with Crippen LogP contribution in [0.1, 0.15) is 76.0 Å². The third kappa shape index (κ3) is 6.26. The first-order chi connectivity index (χ1) is 19.3. The molecule has 1 aliphatic heterocycles. The van der Waals surface area contributed by atoms with Crippen molar-refractivity contribution in [1.82, 2.24) is 5.32 Å². The Balaban J connectivity index is 1.66. The maximum absolute atomic E-state index is 13.5. The Hall–Kier alpha value is -3.57. The number of hydrogen-bond donors (Lipinski definition) is 2. The molecule has 4 rings (SSSR count). The molecule has 1 heterocycles. The number of nitrogens with zero attached hydrogens (tertiary/aromatic N) is 1. The van der Waals surface area contributed by atoms with Crippen LogP contribution in [0.25, 0.3) is 0 Å². The van der Waals surface area contributed by atoms with Gasteiger partial charge >= 0.3 is 0 Å². The van der Waals surface area contributed by atoms with Crippen LogP contribution in [-0.4, -0.2) is 24.9 Å². The number of dihydropyridines is 1. The molecule has 0 radical (unpaired) electrons. The zero-order valence-electron chi connectivity index (χ0n) is 23.5. The number of benzene rings is 2. The highest BCUT2D eigenvalue weighted by molar-refractivity contribution is 9.10. The van der Waals surface area contributed by atoms with E-state index in [4.69, 9.17) is 19.6 Å². The Kier molecular flexibility index (Phi) is 9.70. The fraction of sp³-hybridized carbons (Fsp3) is 0.406. The maximum Gasteiger partial charge on any atom is 0.213 e. The molecule has 210 valence electrons. The van der Waals surface area contributed by atoms with Crippen molar-refractivity contribution in [2.75, 3.05) is 13.2 Å². The lowest BCUT2D eigenvalue weighted by molar-refractivity contribution is -0.117. The summed E-state index contributed by atoms with van der Waals surface area (Å²) in [5, 5.41) is 21.5. The molecule has 2 aromatic carbocycles. The van der Waals surface area contributed by atoms with Crippen LogP contribution >= 0.6 is 15.9 Å². The lowest BCUT2D eigenvalue weighted by Crippen LogP contribution is -2.34. The largest absolute Gasteiger partial charge is 0.490 e. The second-order valence-corrected chi connectivity index (χ2v) is 11.0. The van der Waals surface area contributed by atoms with E-state index in [1.165, 1.54) is 0 Å². The van der Waals surface area contributed by atoms with E-state index >= 15 is 0 Å². The molecule has 0 fully saturated rings. The maximum atomic E-state index is 13.5. The molecule has 2 aromatic rings. The standard InChI is InChI=1S/C32H36BrN3O4/c1-5-8-21-13-26-30(27(37)14-21)29(24(17-34)19(4)36-26)23-15-25(33)31(28(16-23)38-6-2)40-18-20-9-11-22(12-10-20)32(35)39-7-3/h9-12,15-16,21,29,35-36H,5-8,13-14,18H2,1-4H3. The van der Waals surface area contributed by atoms with Crippen LogP contribution in [0.2, 0.25) is 0 Å². The fourth-order valence-electron chi connectivity index (χ4n) is 5.51. The highest BCUT2D eigenvalue weighted by Gasteiger charge is 2.39. The van der Waals surface area contributed by atoms with Gasteiger partial charge in [0.1, 0.15) is 6.61 Å². The lowest BCUT2D eigenvalue weighted by Gasteiger charge is -2.35. The van der Waals surface area contributed by atoms with Gasteiger partial charge in [-0.1, -0.05) is 25.5 Å². The van der Waals surface area contributed by atoms with Crippen LogP contribution in [0.3, 0.4) is 0 Å². The highest BCUT2D eigenvalue weighted by Crippen LogP contribution is 2.47. The molecule has 0 saturated heterocycles. The first-order valence-electron chi connectivity index (χ1n) is 13.8. The van der Waals surface area contributed by atoms with E-state index in [1.54, 1.807) is 0 Å². The molecule has 8 heteroatoms. The predicted molar refractivity (Wildman–Crippen MR) is 158 cm³/mol. The average molecular weight is 607 g/mol. The number of carbonyl (C=O) groups excluding carboxylic acids is 1. The number of allylic oxidation sites excluding steroid dienone is 4. The molecule has 0 amide bonds. The van der Waals surface area contributed by atoms with Crippen LogP contribution < -0.4 is 14.8 Å². The van der Waals surface area contributed by atoms with E-state index in [0.717, 1.165) is 41.8 Å². The Morgan fingerprint density at radius 3 is 2.52 bits per heavy atom. The van der Waals surface area contributed by atoms with Crippen LogP contribution in [0.15, 0.2) is 63.4 Å². The Labute approximate surface area is 244 Å². The first kappa shape index (κ1) is 29.4. The van der Waals surface area contributed by atoms with Gasteiger partial charge in [0.15, 0.2) is 17.3 Å². The number of rotatable bonds is 10. The van der Waals surface area contributed by atoms with Crippen molar-refractivity contribution in [2.45, 2.75) is 65.9 Å². The molecular formula is C32H36BrN3O4. The van der Waals surface area contributed by atoms with Crippen molar-refractivity contribution in [2.24, 2.45) is 5.92 Å². The van der Waals surface area contributed by atoms with Gasteiger partial charge in [-0.15, -0.1) is 0 Å². The van der Waals surface area contributed by atoms with Gasteiger partial charge in [0.05, 0.1) is 35.2 Å². The topological polar surface area (TPSA) is 104 Å². The summed E-state index contributed by atoms with van der Waals surface area (Å²) in [5.74, 6) is 1.20. The van der Waals surface area contributed by atoms with Crippen LogP contribution in [-0.2, 0) is 16.1 Å². The summed E-state index contributed by atoms with van der Waals surface area (Å²) in [6.07, 6.45) is 3.36. The molecule has 0 aromatic heterocycles. The number of ether oxygens (including phenoxy) is 3. The summed E-state index contributed by atoms with van der Waals surface area (Å²) in [7, 11) is 0. The van der Waals surface area contributed by atoms with E-state index in [9.17, 15) is 10.1 Å². The molecule has 2 unspecified atom stereocenters.